The lowest BCUT2D eigenvalue weighted by molar-refractivity contribution is -0.0950. The van der Waals surface area contributed by atoms with E-state index in [4.69, 9.17) is 9.84 Å². The van der Waals surface area contributed by atoms with Gasteiger partial charge in [-0.05, 0) is 6.92 Å². The van der Waals surface area contributed by atoms with Crippen molar-refractivity contribution in [3.8, 4) is 0 Å². The molecule has 1 fully saturated rings. The van der Waals surface area contributed by atoms with Gasteiger partial charge in [0.1, 0.15) is 17.8 Å². The summed E-state index contributed by atoms with van der Waals surface area (Å²) in [7, 11) is 0. The lowest BCUT2D eigenvalue weighted by atomic mass is 9.96. The SMILES string of the molecule is C[C@]1(O)C(n2cnc3c(=O)[nH]cnc32)O[C@H](CO)[C@H]1O. The second-order valence-corrected chi connectivity index (χ2v) is 4.94. The van der Waals surface area contributed by atoms with Gasteiger partial charge in [0.15, 0.2) is 17.4 Å². The molecule has 3 rings (SSSR count). The maximum absolute atomic E-state index is 11.6. The van der Waals surface area contributed by atoms with E-state index < -0.39 is 36.2 Å². The summed E-state index contributed by atoms with van der Waals surface area (Å²) in [6, 6.07) is 0. The summed E-state index contributed by atoms with van der Waals surface area (Å²) >= 11 is 0. The van der Waals surface area contributed by atoms with Crippen molar-refractivity contribution < 1.29 is 20.1 Å². The number of aliphatic hydroxyl groups excluding tert-OH is 2. The molecule has 1 saturated heterocycles. The molecular weight excluding hydrogens is 268 g/mol. The van der Waals surface area contributed by atoms with Crippen LogP contribution in [0.2, 0.25) is 0 Å². The Bertz CT molecular complexity index is 693. The monoisotopic (exact) mass is 282 g/mol. The Labute approximate surface area is 112 Å². The number of aromatic nitrogens is 4. The van der Waals surface area contributed by atoms with E-state index in [0.717, 1.165) is 0 Å². The molecule has 1 unspecified atom stereocenters. The number of rotatable bonds is 2. The summed E-state index contributed by atoms with van der Waals surface area (Å²) in [5, 5.41) is 29.5. The van der Waals surface area contributed by atoms with Gasteiger partial charge >= 0.3 is 0 Å². The summed E-state index contributed by atoms with van der Waals surface area (Å²) in [5.74, 6) is 0. The van der Waals surface area contributed by atoms with Gasteiger partial charge in [0.05, 0.1) is 19.3 Å². The van der Waals surface area contributed by atoms with Gasteiger partial charge in [-0.25, -0.2) is 9.97 Å². The Morgan fingerprint density at radius 2 is 2.30 bits per heavy atom. The first-order valence-electron chi connectivity index (χ1n) is 6.03. The van der Waals surface area contributed by atoms with E-state index in [1.54, 1.807) is 0 Å². The van der Waals surface area contributed by atoms with Crippen LogP contribution in [-0.2, 0) is 4.74 Å². The van der Waals surface area contributed by atoms with Gasteiger partial charge in [-0.3, -0.25) is 9.36 Å². The number of aromatic amines is 1. The first-order chi connectivity index (χ1) is 9.46. The minimum atomic E-state index is -1.65. The summed E-state index contributed by atoms with van der Waals surface area (Å²) in [5.41, 5.74) is -1.73. The third-order valence-electron chi connectivity index (χ3n) is 3.55. The van der Waals surface area contributed by atoms with E-state index in [1.165, 1.54) is 24.1 Å². The Kier molecular flexibility index (Phi) is 2.87. The van der Waals surface area contributed by atoms with Crippen LogP contribution in [0.15, 0.2) is 17.4 Å². The maximum Gasteiger partial charge on any atom is 0.278 e. The third kappa shape index (κ3) is 1.68. The fourth-order valence-corrected chi connectivity index (χ4v) is 2.42. The van der Waals surface area contributed by atoms with Gasteiger partial charge in [-0.2, -0.15) is 0 Å². The second-order valence-electron chi connectivity index (χ2n) is 4.94. The number of nitrogens with zero attached hydrogens (tertiary/aromatic N) is 3. The van der Waals surface area contributed by atoms with Crippen LogP contribution in [0.25, 0.3) is 11.2 Å². The summed E-state index contributed by atoms with van der Waals surface area (Å²) in [6.07, 6.45) is -0.675. The third-order valence-corrected chi connectivity index (χ3v) is 3.55. The molecule has 9 nitrogen and oxygen atoms in total. The van der Waals surface area contributed by atoms with Crippen LogP contribution in [-0.4, -0.2) is 59.3 Å². The van der Waals surface area contributed by atoms with E-state index in [1.807, 2.05) is 0 Å². The van der Waals surface area contributed by atoms with Crippen molar-refractivity contribution in [2.45, 2.75) is 31.0 Å². The van der Waals surface area contributed by atoms with Crippen molar-refractivity contribution in [3.63, 3.8) is 0 Å². The first kappa shape index (κ1) is 13.2. The van der Waals surface area contributed by atoms with Crippen LogP contribution in [0.4, 0.5) is 0 Å². The predicted octanol–water partition coefficient (Wildman–Crippen LogP) is -1.88. The molecule has 0 bridgehead atoms. The average molecular weight is 282 g/mol. The molecular formula is C11H14N4O5. The van der Waals surface area contributed by atoms with Gasteiger partial charge in [-0.1, -0.05) is 0 Å². The van der Waals surface area contributed by atoms with Crippen molar-refractivity contribution >= 4 is 11.2 Å². The normalized spacial score (nSPS) is 33.9. The summed E-state index contributed by atoms with van der Waals surface area (Å²) in [4.78, 5) is 21.9. The number of imidazole rings is 1. The highest BCUT2D eigenvalue weighted by molar-refractivity contribution is 5.68. The quantitative estimate of drug-likeness (QED) is 0.506. The number of hydrogen-bond acceptors (Lipinski definition) is 7. The van der Waals surface area contributed by atoms with Gasteiger partial charge in [-0.15, -0.1) is 0 Å². The number of fused-ring (bicyclic) bond motifs is 1. The second kappa shape index (κ2) is 4.35. The zero-order valence-electron chi connectivity index (χ0n) is 10.6. The fourth-order valence-electron chi connectivity index (χ4n) is 2.42. The van der Waals surface area contributed by atoms with Crippen LogP contribution < -0.4 is 5.56 Å². The first-order valence-corrected chi connectivity index (χ1v) is 6.03. The number of aliphatic hydroxyl groups is 3. The summed E-state index contributed by atoms with van der Waals surface area (Å²) in [6.45, 7) is 0.950. The Balaban J connectivity index is 2.12. The highest BCUT2D eigenvalue weighted by atomic mass is 16.6. The molecule has 0 spiro atoms. The minimum Gasteiger partial charge on any atom is -0.394 e. The molecule has 4 atom stereocenters. The highest BCUT2D eigenvalue weighted by Gasteiger charge is 2.53. The molecule has 108 valence electrons. The average Bonchev–Trinajstić information content (AvgIpc) is 2.92. The van der Waals surface area contributed by atoms with Crippen molar-refractivity contribution in [1.82, 2.24) is 19.5 Å². The largest absolute Gasteiger partial charge is 0.394 e. The smallest absolute Gasteiger partial charge is 0.278 e. The molecule has 1 aliphatic heterocycles. The van der Waals surface area contributed by atoms with E-state index >= 15 is 0 Å². The van der Waals surface area contributed by atoms with Crippen LogP contribution in [0, 0.1) is 0 Å². The van der Waals surface area contributed by atoms with Crippen molar-refractivity contribution in [2.75, 3.05) is 6.61 Å². The minimum absolute atomic E-state index is 0.105. The van der Waals surface area contributed by atoms with Crippen LogP contribution >= 0.6 is 0 Å². The predicted molar refractivity (Wildman–Crippen MR) is 65.8 cm³/mol. The highest BCUT2D eigenvalue weighted by Crippen LogP contribution is 2.38. The molecule has 9 heteroatoms. The van der Waals surface area contributed by atoms with Crippen LogP contribution in [0.1, 0.15) is 13.2 Å². The lowest BCUT2D eigenvalue weighted by Crippen LogP contribution is -2.44. The molecule has 20 heavy (non-hydrogen) atoms. The molecule has 0 radical (unpaired) electrons. The molecule has 4 N–H and O–H groups in total. The lowest BCUT2D eigenvalue weighted by Gasteiger charge is -2.27. The molecule has 0 aromatic carbocycles. The van der Waals surface area contributed by atoms with Gasteiger partial charge in [0, 0.05) is 0 Å². The zero-order valence-corrected chi connectivity index (χ0v) is 10.6. The Morgan fingerprint density at radius 1 is 1.55 bits per heavy atom. The van der Waals surface area contributed by atoms with Crippen molar-refractivity contribution in [3.05, 3.63) is 23.0 Å². The zero-order chi connectivity index (χ0) is 14.5. The number of ether oxygens (including phenoxy) is 1. The van der Waals surface area contributed by atoms with Gasteiger partial charge < -0.3 is 25.0 Å². The number of H-pyrrole nitrogens is 1. The fraction of sp³-hybridized carbons (Fsp3) is 0.545. The maximum atomic E-state index is 11.6. The Hall–Kier alpha value is -1.81. The van der Waals surface area contributed by atoms with E-state index in [2.05, 4.69) is 15.0 Å². The summed E-state index contributed by atoms with van der Waals surface area (Å²) < 4.78 is 6.82. The molecule has 2 aromatic heterocycles. The molecule has 1 aliphatic rings. The molecule has 3 heterocycles. The Morgan fingerprint density at radius 3 is 2.95 bits per heavy atom. The van der Waals surface area contributed by atoms with Crippen LogP contribution in [0.3, 0.4) is 0 Å². The van der Waals surface area contributed by atoms with Crippen molar-refractivity contribution in [2.24, 2.45) is 0 Å². The van der Waals surface area contributed by atoms with E-state index in [9.17, 15) is 15.0 Å². The molecule has 0 aliphatic carbocycles. The molecule has 0 amide bonds. The topological polar surface area (TPSA) is 133 Å². The van der Waals surface area contributed by atoms with E-state index in [-0.39, 0.29) is 11.2 Å². The van der Waals surface area contributed by atoms with Gasteiger partial charge in [0.25, 0.3) is 5.56 Å². The van der Waals surface area contributed by atoms with Crippen LogP contribution in [0.5, 0.6) is 0 Å². The molecule has 0 saturated carbocycles. The number of nitrogens with one attached hydrogen (secondary N) is 1. The van der Waals surface area contributed by atoms with Crippen molar-refractivity contribution in [1.29, 1.82) is 0 Å². The number of hydrogen-bond donors (Lipinski definition) is 4. The standard InChI is InChI=1S/C11H14N4O5/c1-11(19)7(17)5(2-16)20-10(11)15-4-14-6-8(15)12-3-13-9(6)18/h3-5,7,10,16-17,19H,2H2,1H3,(H,12,13,18)/t5-,7-,10?,11-/m1/s1. The van der Waals surface area contributed by atoms with E-state index in [0.29, 0.717) is 0 Å². The van der Waals surface area contributed by atoms with Gasteiger partial charge in [0.2, 0.25) is 0 Å². The molecule has 2 aromatic rings.